The average molecular weight is 156 g/mol. The van der Waals surface area contributed by atoms with Crippen LogP contribution in [0.1, 0.15) is 32.1 Å². The van der Waals surface area contributed by atoms with Gasteiger partial charge in [0.15, 0.2) is 0 Å². The van der Waals surface area contributed by atoms with Crippen LogP contribution in [-0.4, -0.2) is 18.4 Å². The van der Waals surface area contributed by atoms with E-state index in [0.717, 1.165) is 25.7 Å². The number of fused-ring (bicyclic) bond motifs is 1. The number of hydrogen-bond acceptors (Lipinski definition) is 3. The van der Waals surface area contributed by atoms with Crippen LogP contribution in [0.15, 0.2) is 0 Å². The second-order valence-electron chi connectivity index (χ2n) is 3.20. The zero-order valence-electron chi connectivity index (χ0n) is 6.41. The molecule has 1 aliphatic carbocycles. The monoisotopic (exact) mass is 156 g/mol. The molecular formula is C8H12O3. The van der Waals surface area contributed by atoms with Crippen LogP contribution in [0.5, 0.6) is 0 Å². The highest BCUT2D eigenvalue weighted by atomic mass is 16.8. The molecule has 0 unspecified atom stereocenters. The fourth-order valence-electron chi connectivity index (χ4n) is 1.78. The van der Waals surface area contributed by atoms with E-state index in [4.69, 9.17) is 9.47 Å². The molecule has 1 heterocycles. The van der Waals surface area contributed by atoms with Gasteiger partial charge in [-0.2, -0.15) is 0 Å². The Bertz CT molecular complexity index is 151. The Morgan fingerprint density at radius 3 is 2.09 bits per heavy atom. The first-order valence-electron chi connectivity index (χ1n) is 4.23. The van der Waals surface area contributed by atoms with Crippen LogP contribution < -0.4 is 0 Å². The minimum absolute atomic E-state index is 0.0602. The standard InChI is InChI=1S/C8H12O3/c9-8-10-6-4-2-1-3-5-7(6)11-8/h6-7H,1-5H2/t6-,7-/m0/s1. The molecule has 2 aliphatic rings. The van der Waals surface area contributed by atoms with Gasteiger partial charge in [-0.3, -0.25) is 0 Å². The van der Waals surface area contributed by atoms with E-state index in [-0.39, 0.29) is 12.2 Å². The lowest BCUT2D eigenvalue weighted by Gasteiger charge is -2.09. The van der Waals surface area contributed by atoms with Gasteiger partial charge in [-0.1, -0.05) is 6.42 Å². The third-order valence-corrected chi connectivity index (χ3v) is 2.39. The molecule has 0 aromatic heterocycles. The summed E-state index contributed by atoms with van der Waals surface area (Å²) in [6, 6.07) is 0. The van der Waals surface area contributed by atoms with E-state index < -0.39 is 6.16 Å². The van der Waals surface area contributed by atoms with E-state index in [2.05, 4.69) is 0 Å². The molecule has 2 atom stereocenters. The first-order valence-corrected chi connectivity index (χ1v) is 4.23. The molecular weight excluding hydrogens is 144 g/mol. The number of hydrogen-bond donors (Lipinski definition) is 0. The predicted molar refractivity (Wildman–Crippen MR) is 38.2 cm³/mol. The highest BCUT2D eigenvalue weighted by molar-refractivity contribution is 5.62. The maximum absolute atomic E-state index is 10.7. The van der Waals surface area contributed by atoms with Crippen molar-refractivity contribution in [2.45, 2.75) is 44.3 Å². The molecule has 0 bridgehead atoms. The van der Waals surface area contributed by atoms with Gasteiger partial charge >= 0.3 is 6.16 Å². The zero-order valence-corrected chi connectivity index (χ0v) is 6.41. The van der Waals surface area contributed by atoms with Gasteiger partial charge in [0.2, 0.25) is 0 Å². The van der Waals surface area contributed by atoms with E-state index in [9.17, 15) is 4.79 Å². The lowest BCUT2D eigenvalue weighted by molar-refractivity contribution is 0.112. The van der Waals surface area contributed by atoms with Crippen molar-refractivity contribution in [1.29, 1.82) is 0 Å². The van der Waals surface area contributed by atoms with Crippen molar-refractivity contribution in [2.75, 3.05) is 0 Å². The van der Waals surface area contributed by atoms with Crippen molar-refractivity contribution < 1.29 is 14.3 Å². The second-order valence-corrected chi connectivity index (χ2v) is 3.20. The van der Waals surface area contributed by atoms with Crippen molar-refractivity contribution in [3.63, 3.8) is 0 Å². The molecule has 1 aliphatic heterocycles. The summed E-state index contributed by atoms with van der Waals surface area (Å²) < 4.78 is 9.97. The summed E-state index contributed by atoms with van der Waals surface area (Å²) in [5, 5.41) is 0. The number of ether oxygens (including phenoxy) is 2. The summed E-state index contributed by atoms with van der Waals surface area (Å²) in [4.78, 5) is 10.7. The molecule has 0 aromatic rings. The maximum Gasteiger partial charge on any atom is 0.509 e. The topological polar surface area (TPSA) is 35.5 Å². The highest BCUT2D eigenvalue weighted by Crippen LogP contribution is 2.27. The van der Waals surface area contributed by atoms with Crippen molar-refractivity contribution in [3.8, 4) is 0 Å². The normalized spacial score (nSPS) is 36.9. The summed E-state index contributed by atoms with van der Waals surface area (Å²) in [5.41, 5.74) is 0. The molecule has 11 heavy (non-hydrogen) atoms. The van der Waals surface area contributed by atoms with E-state index in [1.165, 1.54) is 6.42 Å². The molecule has 0 N–H and O–H groups in total. The first kappa shape index (κ1) is 6.95. The Hall–Kier alpha value is -0.730. The Morgan fingerprint density at radius 1 is 1.00 bits per heavy atom. The molecule has 1 saturated carbocycles. The minimum Gasteiger partial charge on any atom is -0.427 e. The number of carbonyl (C=O) groups is 1. The molecule has 62 valence electrons. The lowest BCUT2D eigenvalue weighted by Crippen LogP contribution is -2.20. The first-order chi connectivity index (χ1) is 5.36. The van der Waals surface area contributed by atoms with Gasteiger partial charge in [0.05, 0.1) is 0 Å². The van der Waals surface area contributed by atoms with Crippen LogP contribution in [0, 0.1) is 0 Å². The summed E-state index contributed by atoms with van der Waals surface area (Å²) in [6.07, 6.45) is 5.19. The Balaban J connectivity index is 2.01. The van der Waals surface area contributed by atoms with Gasteiger partial charge in [0.25, 0.3) is 0 Å². The maximum atomic E-state index is 10.7. The van der Waals surface area contributed by atoms with Crippen LogP contribution in [0.25, 0.3) is 0 Å². The number of rotatable bonds is 0. The smallest absolute Gasteiger partial charge is 0.427 e. The van der Waals surface area contributed by atoms with Crippen LogP contribution in [0.4, 0.5) is 4.79 Å². The van der Waals surface area contributed by atoms with Crippen LogP contribution >= 0.6 is 0 Å². The fourth-order valence-corrected chi connectivity index (χ4v) is 1.78. The molecule has 3 heteroatoms. The number of carbonyl (C=O) groups excluding carboxylic acids is 1. The van der Waals surface area contributed by atoms with E-state index in [0.29, 0.717) is 0 Å². The molecule has 2 fully saturated rings. The van der Waals surface area contributed by atoms with Gasteiger partial charge in [0.1, 0.15) is 12.2 Å². The van der Waals surface area contributed by atoms with E-state index in [1.54, 1.807) is 0 Å². The van der Waals surface area contributed by atoms with E-state index >= 15 is 0 Å². The van der Waals surface area contributed by atoms with Crippen LogP contribution in [0.2, 0.25) is 0 Å². The van der Waals surface area contributed by atoms with Gasteiger partial charge in [-0.15, -0.1) is 0 Å². The molecule has 1 saturated heterocycles. The van der Waals surface area contributed by atoms with E-state index in [1.807, 2.05) is 0 Å². The minimum atomic E-state index is -0.470. The summed E-state index contributed by atoms with van der Waals surface area (Å²) in [5.74, 6) is 0. The fraction of sp³-hybridized carbons (Fsp3) is 0.875. The van der Waals surface area contributed by atoms with Crippen molar-refractivity contribution in [2.24, 2.45) is 0 Å². The van der Waals surface area contributed by atoms with Gasteiger partial charge in [0, 0.05) is 0 Å². The molecule has 2 rings (SSSR count). The Labute approximate surface area is 65.7 Å². The van der Waals surface area contributed by atoms with Crippen molar-refractivity contribution >= 4 is 6.16 Å². The molecule has 0 amide bonds. The summed E-state index contributed by atoms with van der Waals surface area (Å²) in [7, 11) is 0. The Kier molecular flexibility index (Phi) is 1.72. The van der Waals surface area contributed by atoms with Gasteiger partial charge < -0.3 is 9.47 Å². The van der Waals surface area contributed by atoms with Crippen molar-refractivity contribution in [3.05, 3.63) is 0 Å². The summed E-state index contributed by atoms with van der Waals surface area (Å²) in [6.45, 7) is 0. The lowest BCUT2D eigenvalue weighted by atomic mass is 10.1. The quantitative estimate of drug-likeness (QED) is 0.502. The molecule has 3 nitrogen and oxygen atoms in total. The summed E-state index contributed by atoms with van der Waals surface area (Å²) >= 11 is 0. The average Bonchev–Trinajstić information content (AvgIpc) is 2.17. The predicted octanol–water partition coefficient (Wildman–Crippen LogP) is 1.85. The largest absolute Gasteiger partial charge is 0.509 e. The Morgan fingerprint density at radius 2 is 1.55 bits per heavy atom. The molecule has 0 spiro atoms. The van der Waals surface area contributed by atoms with Gasteiger partial charge in [-0.05, 0) is 25.7 Å². The zero-order chi connectivity index (χ0) is 7.68. The highest BCUT2D eigenvalue weighted by Gasteiger charge is 2.36. The molecule has 0 radical (unpaired) electrons. The van der Waals surface area contributed by atoms with Crippen LogP contribution in [0.3, 0.4) is 0 Å². The second kappa shape index (κ2) is 2.72. The SMILES string of the molecule is O=C1O[C@H]2CCCCC[C@@H]2O1. The third kappa shape index (κ3) is 1.32. The third-order valence-electron chi connectivity index (χ3n) is 2.39. The van der Waals surface area contributed by atoms with Crippen molar-refractivity contribution in [1.82, 2.24) is 0 Å². The molecule has 0 aromatic carbocycles. The van der Waals surface area contributed by atoms with Gasteiger partial charge in [-0.25, -0.2) is 4.79 Å². The van der Waals surface area contributed by atoms with Crippen LogP contribution in [-0.2, 0) is 9.47 Å².